The molecule has 1 aromatic carbocycles. The number of ketones is 2. The highest BCUT2D eigenvalue weighted by Crippen LogP contribution is 2.24. The van der Waals surface area contributed by atoms with Crippen molar-refractivity contribution < 1.29 is 19.1 Å². The monoisotopic (exact) mass is 448 g/mol. The zero-order valence-corrected chi connectivity index (χ0v) is 19.0. The highest BCUT2D eigenvalue weighted by atomic mass is 16.6. The molecule has 8 nitrogen and oxygen atoms in total. The molecule has 0 bridgehead atoms. The van der Waals surface area contributed by atoms with Crippen LogP contribution in [0.25, 0.3) is 10.9 Å². The first-order chi connectivity index (χ1) is 15.7. The number of hydrogen-bond acceptors (Lipinski definition) is 5. The maximum Gasteiger partial charge on any atom is 0.407 e. The van der Waals surface area contributed by atoms with Crippen molar-refractivity contribution >= 4 is 28.6 Å². The zero-order valence-electron chi connectivity index (χ0n) is 19.0. The van der Waals surface area contributed by atoms with E-state index in [2.05, 4.69) is 26.7 Å². The van der Waals surface area contributed by atoms with Gasteiger partial charge in [-0.3, -0.25) is 9.59 Å². The first kappa shape index (κ1) is 22.4. The first-order valence-corrected chi connectivity index (χ1v) is 11.0. The van der Waals surface area contributed by atoms with Crippen molar-refractivity contribution in [2.24, 2.45) is 0 Å². The Kier molecular flexibility index (Phi) is 6.09. The summed E-state index contributed by atoms with van der Waals surface area (Å²) >= 11 is 0. The van der Waals surface area contributed by atoms with Crippen LogP contribution in [0, 0.1) is 0 Å². The number of amides is 1. The summed E-state index contributed by atoms with van der Waals surface area (Å²) in [6.07, 6.45) is 5.58. The van der Waals surface area contributed by atoms with Gasteiger partial charge in [-0.05, 0) is 50.8 Å². The van der Waals surface area contributed by atoms with Crippen LogP contribution in [0.1, 0.15) is 52.7 Å². The molecule has 4 rings (SSSR count). The Morgan fingerprint density at radius 1 is 1.00 bits per heavy atom. The molecule has 1 aliphatic rings. The third-order valence-corrected chi connectivity index (χ3v) is 5.40. The van der Waals surface area contributed by atoms with E-state index in [1.807, 2.05) is 24.4 Å². The SMILES string of the molecule is CC(C)(C)OC(=O)NCCc1c[nH]c2c1C(=O)C=C(NCCc1c[nH]c3ccccc13)C2=O. The molecule has 0 atom stereocenters. The van der Waals surface area contributed by atoms with E-state index >= 15 is 0 Å². The van der Waals surface area contributed by atoms with Crippen molar-refractivity contribution in [3.8, 4) is 0 Å². The maximum atomic E-state index is 12.9. The van der Waals surface area contributed by atoms with Gasteiger partial charge in [0.25, 0.3) is 0 Å². The number of fused-ring (bicyclic) bond motifs is 2. The fourth-order valence-electron chi connectivity index (χ4n) is 3.94. The predicted molar refractivity (Wildman–Crippen MR) is 125 cm³/mol. The first-order valence-electron chi connectivity index (χ1n) is 11.0. The van der Waals surface area contributed by atoms with Gasteiger partial charge in [0, 0.05) is 42.5 Å². The molecule has 1 amide bonds. The second-order valence-corrected chi connectivity index (χ2v) is 9.03. The van der Waals surface area contributed by atoms with Gasteiger partial charge in [0.1, 0.15) is 5.60 Å². The minimum absolute atomic E-state index is 0.229. The standard InChI is InChI=1S/C25H28N4O4/c1-25(2,3)33-24(32)27-11-9-16-14-29-22-21(16)20(30)12-19(23(22)31)26-10-8-15-13-28-18-7-5-4-6-17(15)18/h4-7,12-14,26,28-29H,8-11H2,1-3H3,(H,27,32). The van der Waals surface area contributed by atoms with Crippen LogP contribution < -0.4 is 10.6 Å². The number of allylic oxidation sites excluding steroid dienone is 2. The lowest BCUT2D eigenvalue weighted by Crippen LogP contribution is -2.33. The molecule has 0 saturated carbocycles. The van der Waals surface area contributed by atoms with Crippen LogP contribution in [0.4, 0.5) is 4.79 Å². The van der Waals surface area contributed by atoms with Gasteiger partial charge in [0.15, 0.2) is 5.78 Å². The fraction of sp³-hybridized carbons (Fsp3) is 0.320. The lowest BCUT2D eigenvalue weighted by molar-refractivity contribution is 0.0528. The van der Waals surface area contributed by atoms with E-state index < -0.39 is 11.7 Å². The lowest BCUT2D eigenvalue weighted by atomic mass is 9.95. The molecule has 172 valence electrons. The molecule has 33 heavy (non-hydrogen) atoms. The van der Waals surface area contributed by atoms with Gasteiger partial charge in [-0.2, -0.15) is 0 Å². The molecule has 0 unspecified atom stereocenters. The molecule has 2 heterocycles. The van der Waals surface area contributed by atoms with Crippen molar-refractivity contribution in [3.63, 3.8) is 0 Å². The van der Waals surface area contributed by atoms with Crippen LogP contribution in [0.15, 0.2) is 48.4 Å². The topological polar surface area (TPSA) is 116 Å². The molecule has 3 aromatic rings. The molecule has 0 radical (unpaired) electrons. The van der Waals surface area contributed by atoms with Gasteiger partial charge >= 0.3 is 6.09 Å². The highest BCUT2D eigenvalue weighted by molar-refractivity contribution is 6.24. The number of aromatic nitrogens is 2. The molecule has 0 fully saturated rings. The van der Waals surface area contributed by atoms with Crippen molar-refractivity contribution in [3.05, 3.63) is 70.8 Å². The van der Waals surface area contributed by atoms with E-state index in [9.17, 15) is 14.4 Å². The lowest BCUT2D eigenvalue weighted by Gasteiger charge is -2.19. The van der Waals surface area contributed by atoms with Crippen molar-refractivity contribution in [2.75, 3.05) is 13.1 Å². The third kappa shape index (κ3) is 5.00. The van der Waals surface area contributed by atoms with Crippen LogP contribution in [-0.2, 0) is 17.6 Å². The molecular weight excluding hydrogens is 420 g/mol. The van der Waals surface area contributed by atoms with E-state index in [0.29, 0.717) is 37.1 Å². The van der Waals surface area contributed by atoms with Gasteiger partial charge in [0.05, 0.1) is 17.0 Å². The summed E-state index contributed by atoms with van der Waals surface area (Å²) in [6.45, 7) is 6.18. The van der Waals surface area contributed by atoms with Crippen LogP contribution in [0.3, 0.4) is 0 Å². The number of aromatic amines is 2. The Morgan fingerprint density at radius 2 is 1.73 bits per heavy atom. The molecule has 0 saturated heterocycles. The second kappa shape index (κ2) is 8.97. The van der Waals surface area contributed by atoms with Crippen molar-refractivity contribution in [2.45, 2.75) is 39.2 Å². The molecule has 4 N–H and O–H groups in total. The van der Waals surface area contributed by atoms with Gasteiger partial charge in [0.2, 0.25) is 5.78 Å². The van der Waals surface area contributed by atoms with Gasteiger partial charge in [-0.1, -0.05) is 18.2 Å². The Labute approximate surface area is 191 Å². The van der Waals surface area contributed by atoms with Crippen molar-refractivity contribution in [1.29, 1.82) is 0 Å². The number of hydrogen-bond donors (Lipinski definition) is 4. The number of H-pyrrole nitrogens is 2. The van der Waals surface area contributed by atoms with E-state index in [1.54, 1.807) is 27.0 Å². The number of para-hydroxylation sites is 1. The molecule has 0 spiro atoms. The largest absolute Gasteiger partial charge is 0.444 e. The van der Waals surface area contributed by atoms with E-state index in [4.69, 9.17) is 4.74 Å². The molecule has 2 aromatic heterocycles. The summed E-state index contributed by atoms with van der Waals surface area (Å²) in [4.78, 5) is 43.7. The highest BCUT2D eigenvalue weighted by Gasteiger charge is 2.29. The minimum Gasteiger partial charge on any atom is -0.444 e. The van der Waals surface area contributed by atoms with Crippen LogP contribution in [-0.4, -0.2) is 46.3 Å². The van der Waals surface area contributed by atoms with Crippen molar-refractivity contribution in [1.82, 2.24) is 20.6 Å². The molecule has 8 heteroatoms. The number of carbonyl (C=O) groups is 3. The molecule has 0 aliphatic heterocycles. The number of benzene rings is 1. The van der Waals surface area contributed by atoms with E-state index in [-0.39, 0.29) is 23.0 Å². The number of Topliss-reactive ketones (excluding diaryl/α,β-unsaturated/α-hetero) is 1. The third-order valence-electron chi connectivity index (χ3n) is 5.40. The van der Waals surface area contributed by atoms with E-state index in [1.165, 1.54) is 6.08 Å². The smallest absolute Gasteiger partial charge is 0.407 e. The number of carbonyl (C=O) groups excluding carboxylic acids is 3. The summed E-state index contributed by atoms with van der Waals surface area (Å²) in [5, 5.41) is 6.94. The predicted octanol–water partition coefficient (Wildman–Crippen LogP) is 3.66. The maximum absolute atomic E-state index is 12.9. The summed E-state index contributed by atoms with van der Waals surface area (Å²) in [6, 6.07) is 8.05. The summed E-state index contributed by atoms with van der Waals surface area (Å²) in [5.74, 6) is -0.470. The summed E-state index contributed by atoms with van der Waals surface area (Å²) in [5.41, 5.74) is 3.26. The fourth-order valence-corrected chi connectivity index (χ4v) is 3.94. The number of nitrogens with one attached hydrogen (secondary N) is 4. The van der Waals surface area contributed by atoms with Crippen LogP contribution in [0.2, 0.25) is 0 Å². The Bertz CT molecular complexity index is 1240. The Morgan fingerprint density at radius 3 is 2.52 bits per heavy atom. The van der Waals surface area contributed by atoms with Crippen LogP contribution >= 0.6 is 0 Å². The molecule has 1 aliphatic carbocycles. The van der Waals surface area contributed by atoms with Gasteiger partial charge < -0.3 is 25.3 Å². The molecular formula is C25H28N4O4. The summed E-state index contributed by atoms with van der Waals surface area (Å²) in [7, 11) is 0. The quantitative estimate of drug-likeness (QED) is 0.440. The zero-order chi connectivity index (χ0) is 23.6. The van der Waals surface area contributed by atoms with Gasteiger partial charge in [-0.25, -0.2) is 4.79 Å². The Hall–Kier alpha value is -3.81. The number of ether oxygens (including phenoxy) is 1. The minimum atomic E-state index is -0.581. The Balaban J connectivity index is 1.35. The second-order valence-electron chi connectivity index (χ2n) is 9.03. The number of alkyl carbamates (subject to hydrolysis) is 1. The summed E-state index contributed by atoms with van der Waals surface area (Å²) < 4.78 is 5.21. The number of rotatable bonds is 7. The average molecular weight is 449 g/mol. The van der Waals surface area contributed by atoms with Crippen LogP contribution in [0.5, 0.6) is 0 Å². The van der Waals surface area contributed by atoms with E-state index in [0.717, 1.165) is 16.5 Å². The normalized spacial score (nSPS) is 13.6. The average Bonchev–Trinajstić information content (AvgIpc) is 3.35. The van der Waals surface area contributed by atoms with Gasteiger partial charge in [-0.15, -0.1) is 0 Å².